The molecule has 4 heteroatoms. The monoisotopic (exact) mass is 313 g/mol. The summed E-state index contributed by atoms with van der Waals surface area (Å²) in [5, 5.41) is 2.88. The van der Waals surface area contributed by atoms with Gasteiger partial charge < -0.3 is 14.8 Å². The van der Waals surface area contributed by atoms with Crippen LogP contribution in [-0.2, 0) is 0 Å². The molecule has 0 unspecified atom stereocenters. The molecule has 0 aliphatic carbocycles. The van der Waals surface area contributed by atoms with E-state index < -0.39 is 0 Å². The Bertz CT molecular complexity index is 665. The minimum Gasteiger partial charge on any atom is -0.491 e. The first-order valence-electron chi connectivity index (χ1n) is 7.79. The smallest absolute Gasteiger partial charge is 0.255 e. The van der Waals surface area contributed by atoms with Crippen LogP contribution < -0.4 is 14.8 Å². The fourth-order valence-electron chi connectivity index (χ4n) is 2.11. The van der Waals surface area contributed by atoms with Crippen molar-refractivity contribution in [2.24, 2.45) is 0 Å². The fourth-order valence-corrected chi connectivity index (χ4v) is 2.11. The van der Waals surface area contributed by atoms with Gasteiger partial charge in [0.15, 0.2) is 0 Å². The highest BCUT2D eigenvalue weighted by Crippen LogP contribution is 2.20. The highest BCUT2D eigenvalue weighted by Gasteiger charge is 2.09. The Morgan fingerprint density at radius 3 is 2.04 bits per heavy atom. The van der Waals surface area contributed by atoms with E-state index in [0.717, 1.165) is 5.75 Å². The van der Waals surface area contributed by atoms with Crippen molar-refractivity contribution in [2.45, 2.75) is 39.9 Å². The largest absolute Gasteiger partial charge is 0.491 e. The average Bonchev–Trinajstić information content (AvgIpc) is 2.46. The summed E-state index contributed by atoms with van der Waals surface area (Å²) in [5.74, 6) is 1.24. The molecule has 2 aromatic carbocycles. The van der Waals surface area contributed by atoms with Crippen molar-refractivity contribution in [2.75, 3.05) is 5.32 Å². The molecule has 23 heavy (non-hydrogen) atoms. The fraction of sp³-hybridized carbons (Fsp3) is 0.316. The zero-order valence-corrected chi connectivity index (χ0v) is 14.0. The maximum absolute atomic E-state index is 12.4. The van der Waals surface area contributed by atoms with E-state index in [1.54, 1.807) is 12.1 Å². The third-order valence-electron chi connectivity index (χ3n) is 2.93. The minimum absolute atomic E-state index is 0.0678. The Morgan fingerprint density at radius 1 is 0.870 bits per heavy atom. The molecule has 2 aromatic rings. The lowest BCUT2D eigenvalue weighted by atomic mass is 10.2. The summed E-state index contributed by atoms with van der Waals surface area (Å²) in [4.78, 5) is 12.4. The number of amides is 1. The van der Waals surface area contributed by atoms with Gasteiger partial charge in [0, 0.05) is 17.3 Å². The minimum atomic E-state index is -0.180. The second kappa shape index (κ2) is 7.68. The van der Waals surface area contributed by atoms with Crippen LogP contribution in [0, 0.1) is 0 Å². The van der Waals surface area contributed by atoms with Gasteiger partial charge in [-0.05, 0) is 58.0 Å². The first kappa shape index (κ1) is 16.9. The lowest BCUT2D eigenvalue weighted by Crippen LogP contribution is -2.13. The van der Waals surface area contributed by atoms with Crippen LogP contribution in [0.2, 0.25) is 0 Å². The van der Waals surface area contributed by atoms with Gasteiger partial charge in [0.25, 0.3) is 5.91 Å². The van der Waals surface area contributed by atoms with Crippen LogP contribution in [-0.4, -0.2) is 18.1 Å². The summed E-state index contributed by atoms with van der Waals surface area (Å²) in [6.45, 7) is 7.83. The molecule has 0 saturated heterocycles. The van der Waals surface area contributed by atoms with Gasteiger partial charge in [-0.15, -0.1) is 0 Å². The summed E-state index contributed by atoms with van der Waals surface area (Å²) >= 11 is 0. The van der Waals surface area contributed by atoms with Gasteiger partial charge in [-0.2, -0.15) is 0 Å². The molecule has 0 fully saturated rings. The van der Waals surface area contributed by atoms with Gasteiger partial charge in [0.2, 0.25) is 0 Å². The number of hydrogen-bond donors (Lipinski definition) is 1. The molecule has 4 nitrogen and oxygen atoms in total. The Morgan fingerprint density at radius 2 is 1.43 bits per heavy atom. The molecule has 0 aliphatic heterocycles. The van der Waals surface area contributed by atoms with Gasteiger partial charge in [0.1, 0.15) is 11.5 Å². The van der Waals surface area contributed by atoms with E-state index >= 15 is 0 Å². The van der Waals surface area contributed by atoms with Crippen molar-refractivity contribution in [1.29, 1.82) is 0 Å². The number of benzene rings is 2. The SMILES string of the molecule is CC(C)Oc1cccc(NC(=O)c2cccc(OC(C)C)c2)c1. The number of carbonyl (C=O) groups excluding carboxylic acids is 1. The van der Waals surface area contributed by atoms with E-state index in [-0.39, 0.29) is 18.1 Å². The predicted molar refractivity (Wildman–Crippen MR) is 92.4 cm³/mol. The third-order valence-corrected chi connectivity index (χ3v) is 2.93. The standard InChI is InChI=1S/C19H23NO3/c1-13(2)22-17-9-5-7-15(11-17)19(21)20-16-8-6-10-18(12-16)23-14(3)4/h5-14H,1-4H3,(H,20,21). The molecule has 2 rings (SSSR count). The summed E-state index contributed by atoms with van der Waals surface area (Å²) in [5.41, 5.74) is 1.25. The number of hydrogen-bond acceptors (Lipinski definition) is 3. The molecule has 1 amide bonds. The Labute approximate surface area is 137 Å². The topological polar surface area (TPSA) is 47.6 Å². The Kier molecular flexibility index (Phi) is 5.63. The highest BCUT2D eigenvalue weighted by molar-refractivity contribution is 6.04. The van der Waals surface area contributed by atoms with Gasteiger partial charge in [-0.1, -0.05) is 12.1 Å². The van der Waals surface area contributed by atoms with E-state index in [4.69, 9.17) is 9.47 Å². The normalized spacial score (nSPS) is 10.7. The van der Waals surface area contributed by atoms with E-state index in [1.807, 2.05) is 64.1 Å². The van der Waals surface area contributed by atoms with E-state index in [2.05, 4.69) is 5.32 Å². The van der Waals surface area contributed by atoms with Gasteiger partial charge in [-0.3, -0.25) is 4.79 Å². The van der Waals surface area contributed by atoms with Crippen LogP contribution in [0.3, 0.4) is 0 Å². The summed E-state index contributed by atoms with van der Waals surface area (Å²) in [6.07, 6.45) is 0.156. The molecule has 0 aliphatic rings. The zero-order chi connectivity index (χ0) is 16.8. The number of carbonyl (C=O) groups is 1. The van der Waals surface area contributed by atoms with Crippen LogP contribution in [0.1, 0.15) is 38.1 Å². The van der Waals surface area contributed by atoms with E-state index in [9.17, 15) is 4.79 Å². The lowest BCUT2D eigenvalue weighted by Gasteiger charge is -2.12. The van der Waals surface area contributed by atoms with Crippen LogP contribution in [0.4, 0.5) is 5.69 Å². The number of nitrogens with one attached hydrogen (secondary N) is 1. The quantitative estimate of drug-likeness (QED) is 0.853. The summed E-state index contributed by atoms with van der Waals surface area (Å²) in [7, 11) is 0. The van der Waals surface area contributed by atoms with Gasteiger partial charge in [0.05, 0.1) is 12.2 Å². The molecule has 0 spiro atoms. The maximum Gasteiger partial charge on any atom is 0.255 e. The molecule has 0 aromatic heterocycles. The molecule has 0 saturated carbocycles. The van der Waals surface area contributed by atoms with Gasteiger partial charge in [-0.25, -0.2) is 0 Å². The second-order valence-electron chi connectivity index (χ2n) is 5.84. The van der Waals surface area contributed by atoms with Crippen molar-refractivity contribution in [3.63, 3.8) is 0 Å². The molecule has 0 bridgehead atoms. The molecule has 0 atom stereocenters. The molecule has 122 valence electrons. The van der Waals surface area contributed by atoms with Crippen LogP contribution in [0.15, 0.2) is 48.5 Å². The molecule has 0 radical (unpaired) electrons. The van der Waals surface area contributed by atoms with Crippen molar-refractivity contribution in [3.05, 3.63) is 54.1 Å². The summed E-state index contributed by atoms with van der Waals surface area (Å²) < 4.78 is 11.3. The predicted octanol–water partition coefficient (Wildman–Crippen LogP) is 4.51. The number of anilines is 1. The maximum atomic E-state index is 12.4. The second-order valence-corrected chi connectivity index (χ2v) is 5.84. The van der Waals surface area contributed by atoms with Crippen molar-refractivity contribution in [1.82, 2.24) is 0 Å². The van der Waals surface area contributed by atoms with Crippen molar-refractivity contribution >= 4 is 11.6 Å². The number of ether oxygens (including phenoxy) is 2. The van der Waals surface area contributed by atoms with Gasteiger partial charge >= 0.3 is 0 Å². The highest BCUT2D eigenvalue weighted by atomic mass is 16.5. The van der Waals surface area contributed by atoms with Crippen LogP contribution in [0.25, 0.3) is 0 Å². The first-order chi connectivity index (χ1) is 10.9. The number of rotatable bonds is 6. The first-order valence-corrected chi connectivity index (χ1v) is 7.79. The average molecular weight is 313 g/mol. The molecular formula is C19H23NO3. The van der Waals surface area contributed by atoms with E-state index in [1.165, 1.54) is 0 Å². The lowest BCUT2D eigenvalue weighted by molar-refractivity contribution is 0.102. The molecule has 1 N–H and O–H groups in total. The van der Waals surface area contributed by atoms with Crippen molar-refractivity contribution < 1.29 is 14.3 Å². The Balaban J connectivity index is 2.10. The Hall–Kier alpha value is -2.49. The zero-order valence-electron chi connectivity index (χ0n) is 14.0. The van der Waals surface area contributed by atoms with E-state index in [0.29, 0.717) is 17.0 Å². The van der Waals surface area contributed by atoms with Crippen LogP contribution >= 0.6 is 0 Å². The molecular weight excluding hydrogens is 290 g/mol. The van der Waals surface area contributed by atoms with Crippen molar-refractivity contribution in [3.8, 4) is 11.5 Å². The van der Waals surface area contributed by atoms with Crippen LogP contribution in [0.5, 0.6) is 11.5 Å². The molecule has 0 heterocycles. The third kappa shape index (κ3) is 5.33. The summed E-state index contributed by atoms with van der Waals surface area (Å²) in [6, 6.07) is 14.5.